The van der Waals surface area contributed by atoms with E-state index in [1.54, 1.807) is 32.2 Å². The summed E-state index contributed by atoms with van der Waals surface area (Å²) in [6.45, 7) is 5.79. The molecule has 8 rings (SSSR count). The van der Waals surface area contributed by atoms with Crippen LogP contribution in [0.1, 0.15) is 110 Å². The molecular weight excluding hydrogens is 988 g/mol. The Bertz CT molecular complexity index is 2400. The average Bonchev–Trinajstić information content (AvgIpc) is 3.87. The number of alkyl carbamates (subject to hydrolysis) is 1. The Morgan fingerprint density at radius 2 is 1.56 bits per heavy atom. The topological polar surface area (TPSA) is 237 Å². The number of carbonyl (C=O) groups excluding carboxylic acids is 8. The van der Waals surface area contributed by atoms with Crippen LogP contribution in [0.5, 0.6) is 5.75 Å². The molecule has 6 amide bonds. The Hall–Kier alpha value is -5.02. The van der Waals surface area contributed by atoms with Crippen LogP contribution >= 0.6 is 23.4 Å². The lowest BCUT2D eigenvalue weighted by Crippen LogP contribution is -2.63. The van der Waals surface area contributed by atoms with Crippen LogP contribution in [0.15, 0.2) is 35.9 Å². The zero-order chi connectivity index (χ0) is 52.5. The summed E-state index contributed by atoms with van der Waals surface area (Å²) in [7, 11) is 4.53. The van der Waals surface area contributed by atoms with E-state index in [2.05, 4.69) is 5.32 Å². The van der Waals surface area contributed by atoms with Gasteiger partial charge in [-0.2, -0.15) is 0 Å². The molecule has 398 valence electrons. The quantitative estimate of drug-likeness (QED) is 0.152. The van der Waals surface area contributed by atoms with E-state index in [0.717, 1.165) is 11.1 Å². The van der Waals surface area contributed by atoms with Gasteiger partial charge in [-0.1, -0.05) is 42.3 Å². The predicted octanol–water partition coefficient (Wildman–Crippen LogP) is 5.75. The van der Waals surface area contributed by atoms with E-state index >= 15 is 0 Å². The lowest BCUT2D eigenvalue weighted by Gasteiger charge is -2.42. The number of ether oxygens (including phenoxy) is 5. The highest BCUT2D eigenvalue weighted by molar-refractivity contribution is 8.00. The molecule has 4 bridgehead atoms. The molecule has 2 saturated carbocycles. The first-order valence-corrected chi connectivity index (χ1v) is 26.8. The standard InChI is InChI=1S/C52H67ClN4O15S/c1-28-8-7-9-39(68-6)52(66)25-37(69-50(65)54-52)29(2)46-51(3,71-46)40(24-43(60)55(4)35-21-32(20-28)22-36(67-5)45(35)53)70-48(63)33-16-12-31(13-17-33)27-73-38-23-44(61)56(47(38)62)26-30-10-14-34(15-11-30)49(64)72-57-41(58)18-19-42(57)59/h7-9,21-22,29-31,33-34,37-40,46,66H,10-20,23-27H2,1-6H3,(H,54,65)/b9-7+,28-8+/t29-,30-,31-,33-,34-,37?,38?,39-,40+,46+,51+,52+/m1/s1. The molecule has 5 aliphatic heterocycles. The smallest absolute Gasteiger partial charge is 0.409 e. The summed E-state index contributed by atoms with van der Waals surface area (Å²) in [6.07, 6.45) is 5.68. The number of nitrogens with one attached hydrogen (secondary N) is 1. The zero-order valence-corrected chi connectivity index (χ0v) is 43.8. The molecule has 1 aromatic rings. The van der Waals surface area contributed by atoms with Crippen molar-refractivity contribution in [3.8, 4) is 5.75 Å². The number of rotatable bonds is 11. The van der Waals surface area contributed by atoms with Crippen molar-refractivity contribution in [2.45, 2.75) is 152 Å². The number of halogens is 1. The highest BCUT2D eigenvalue weighted by atomic mass is 35.5. The number of hydrogen-bond donors (Lipinski definition) is 2. The van der Waals surface area contributed by atoms with Gasteiger partial charge in [0.15, 0.2) is 5.72 Å². The lowest BCUT2D eigenvalue weighted by atomic mass is 9.82. The van der Waals surface area contributed by atoms with Crippen molar-refractivity contribution in [1.82, 2.24) is 15.3 Å². The minimum Gasteiger partial charge on any atom is -0.495 e. The molecule has 8 atom stereocenters. The highest BCUT2D eigenvalue weighted by Gasteiger charge is 2.64. The summed E-state index contributed by atoms with van der Waals surface area (Å²) in [4.78, 5) is 113. The maximum Gasteiger partial charge on any atom is 0.409 e. The number of thioether (sulfide) groups is 1. The van der Waals surface area contributed by atoms with E-state index in [0.29, 0.717) is 80.0 Å². The molecule has 4 saturated heterocycles. The van der Waals surface area contributed by atoms with Gasteiger partial charge in [0.1, 0.15) is 34.7 Å². The first kappa shape index (κ1) is 54.2. The number of benzene rings is 1. The summed E-state index contributed by atoms with van der Waals surface area (Å²) in [5.41, 5.74) is -0.900. The number of nitrogens with zero attached hydrogens (tertiary/aromatic N) is 3. The monoisotopic (exact) mass is 1050 g/mol. The molecular formula is C52H67ClN4O15S. The molecule has 2 unspecified atom stereocenters. The van der Waals surface area contributed by atoms with Crippen molar-refractivity contribution in [3.63, 3.8) is 0 Å². The molecule has 2 aliphatic carbocycles. The first-order chi connectivity index (χ1) is 34.7. The number of aliphatic hydroxyl groups is 1. The molecule has 6 fully saturated rings. The minimum atomic E-state index is -1.84. The lowest BCUT2D eigenvalue weighted by molar-refractivity contribution is -0.201. The maximum atomic E-state index is 14.4. The van der Waals surface area contributed by atoms with Crippen molar-refractivity contribution >= 4 is 76.6 Å². The Morgan fingerprint density at radius 3 is 2.22 bits per heavy atom. The number of amides is 6. The van der Waals surface area contributed by atoms with Crippen molar-refractivity contribution < 1.29 is 72.0 Å². The van der Waals surface area contributed by atoms with Crippen LogP contribution in [-0.4, -0.2) is 137 Å². The number of allylic oxidation sites excluding steroid dienone is 3. The fourth-order valence-electron chi connectivity index (χ4n) is 11.3. The van der Waals surface area contributed by atoms with Gasteiger partial charge in [0.05, 0.1) is 42.4 Å². The van der Waals surface area contributed by atoms with Crippen molar-refractivity contribution in [3.05, 3.63) is 46.5 Å². The van der Waals surface area contributed by atoms with Crippen molar-refractivity contribution in [2.24, 2.45) is 29.6 Å². The molecule has 7 aliphatic rings. The van der Waals surface area contributed by atoms with Gasteiger partial charge in [-0.3, -0.25) is 39.0 Å². The Labute approximate surface area is 434 Å². The van der Waals surface area contributed by atoms with Gasteiger partial charge in [0.2, 0.25) is 17.7 Å². The molecule has 5 heterocycles. The number of hydrogen-bond acceptors (Lipinski definition) is 16. The molecule has 73 heavy (non-hydrogen) atoms. The van der Waals surface area contributed by atoms with Crippen molar-refractivity contribution in [1.29, 1.82) is 0 Å². The summed E-state index contributed by atoms with van der Waals surface area (Å²) in [6, 6.07) is 3.61. The number of methoxy groups -OCH3 is 2. The van der Waals surface area contributed by atoms with Gasteiger partial charge in [0, 0.05) is 52.3 Å². The third-order valence-electron chi connectivity index (χ3n) is 15.9. The van der Waals surface area contributed by atoms with Gasteiger partial charge in [-0.05, 0) is 107 Å². The van der Waals surface area contributed by atoms with E-state index < -0.39 is 94.5 Å². The fraction of sp³-hybridized carbons (Fsp3) is 0.654. The van der Waals surface area contributed by atoms with Crippen LogP contribution < -0.4 is 15.0 Å². The van der Waals surface area contributed by atoms with Crippen LogP contribution in [0, 0.1) is 29.6 Å². The van der Waals surface area contributed by atoms with Gasteiger partial charge in [0.25, 0.3) is 11.8 Å². The molecule has 19 nitrogen and oxygen atoms in total. The maximum absolute atomic E-state index is 14.4. The Balaban J connectivity index is 0.888. The highest BCUT2D eigenvalue weighted by Crippen LogP contribution is 2.50. The molecule has 2 N–H and O–H groups in total. The summed E-state index contributed by atoms with van der Waals surface area (Å²) >= 11 is 8.31. The summed E-state index contributed by atoms with van der Waals surface area (Å²) in [5, 5.41) is 14.7. The molecule has 0 radical (unpaired) electrons. The van der Waals surface area contributed by atoms with Gasteiger partial charge in [-0.15, -0.1) is 16.8 Å². The molecule has 21 heteroatoms. The van der Waals surface area contributed by atoms with Gasteiger partial charge >= 0.3 is 18.0 Å². The number of esters is 1. The van der Waals surface area contributed by atoms with Crippen LogP contribution in [0.4, 0.5) is 10.5 Å². The summed E-state index contributed by atoms with van der Waals surface area (Å²) in [5.74, 6) is -3.24. The van der Waals surface area contributed by atoms with Crippen LogP contribution in [-0.2, 0) is 63.8 Å². The second kappa shape index (κ2) is 22.4. The Kier molecular flexibility index (Phi) is 16.7. The second-order valence-electron chi connectivity index (χ2n) is 21.0. The number of likely N-dealkylation sites (tertiary alicyclic amines) is 1. The number of fused-ring (bicyclic) bond motifs is 5. The zero-order valence-electron chi connectivity index (χ0n) is 42.3. The van der Waals surface area contributed by atoms with Gasteiger partial charge < -0.3 is 38.5 Å². The molecule has 0 spiro atoms. The predicted molar refractivity (Wildman–Crippen MR) is 264 cm³/mol. The SMILES string of the molecule is COc1cc2cc(c1Cl)N(C)C(=O)C[C@H](OC(=O)[C@H]1CC[C@H](CSC3CC(=O)N(C[C@H]4CC[C@H](C(=O)ON5C(=O)CCC5=O)CC4)C3=O)CC1)[C@]1(C)O[C@H]1[C@H](C)C1C[C@@](O)(NC(=O)O1)[C@H](OC)/C=C/C=C(\C)C2. The van der Waals surface area contributed by atoms with E-state index in [1.165, 1.54) is 35.8 Å². The van der Waals surface area contributed by atoms with Crippen LogP contribution in [0.2, 0.25) is 5.02 Å². The van der Waals surface area contributed by atoms with Crippen LogP contribution in [0.25, 0.3) is 0 Å². The Morgan fingerprint density at radius 1 is 0.904 bits per heavy atom. The third-order valence-corrected chi connectivity index (χ3v) is 17.7. The van der Waals surface area contributed by atoms with Crippen molar-refractivity contribution in [2.75, 3.05) is 38.5 Å². The number of carbonyl (C=O) groups is 8. The van der Waals surface area contributed by atoms with E-state index in [-0.39, 0.29) is 67.3 Å². The van der Waals surface area contributed by atoms with E-state index in [1.807, 2.05) is 26.0 Å². The van der Waals surface area contributed by atoms with Crippen LogP contribution in [0.3, 0.4) is 0 Å². The molecule has 0 aromatic heterocycles. The number of epoxide rings is 1. The van der Waals surface area contributed by atoms with Gasteiger partial charge in [-0.25, -0.2) is 9.59 Å². The average molecular weight is 1060 g/mol. The fourth-order valence-corrected chi connectivity index (χ4v) is 13.0. The molecule has 1 aromatic carbocycles. The number of hydroxylamine groups is 2. The van der Waals surface area contributed by atoms with E-state index in [9.17, 15) is 43.5 Å². The summed E-state index contributed by atoms with van der Waals surface area (Å²) < 4.78 is 29.8. The third kappa shape index (κ3) is 11.9. The van der Waals surface area contributed by atoms with E-state index in [4.69, 9.17) is 40.1 Å². The second-order valence-corrected chi connectivity index (χ2v) is 22.6. The minimum absolute atomic E-state index is 0.0191. The number of imide groups is 2. The normalized spacial score (nSPS) is 35.4. The largest absolute Gasteiger partial charge is 0.495 e. The number of anilines is 1. The first-order valence-electron chi connectivity index (χ1n) is 25.3.